The van der Waals surface area contributed by atoms with Crippen LogP contribution >= 0.6 is 0 Å². The summed E-state index contributed by atoms with van der Waals surface area (Å²) in [7, 11) is 0. The maximum absolute atomic E-state index is 11.9. The summed E-state index contributed by atoms with van der Waals surface area (Å²) in [4.78, 5) is 11.9. The molecule has 0 aliphatic rings. The number of carbonyl (C=O) groups excluding carboxylic acids is 1. The Kier molecular flexibility index (Phi) is 7.02. The average Bonchev–Trinajstić information content (AvgIpc) is 2.74. The Balaban J connectivity index is 1.66. The van der Waals surface area contributed by atoms with Crippen molar-refractivity contribution in [2.75, 3.05) is 6.61 Å². The van der Waals surface area contributed by atoms with Gasteiger partial charge in [0.25, 0.3) is 0 Å². The molecule has 142 valence electrons. The van der Waals surface area contributed by atoms with Crippen LogP contribution in [0.1, 0.15) is 24.5 Å². The van der Waals surface area contributed by atoms with Crippen molar-refractivity contribution in [3.8, 4) is 11.5 Å². The third-order valence-corrected chi connectivity index (χ3v) is 4.31. The smallest absolute Gasteiger partial charge is 0.331 e. The van der Waals surface area contributed by atoms with Crippen LogP contribution in [0.15, 0.2) is 91.0 Å². The first-order valence-electron chi connectivity index (χ1n) is 9.49. The van der Waals surface area contributed by atoms with Gasteiger partial charge in [0.15, 0.2) is 0 Å². The van der Waals surface area contributed by atoms with Crippen LogP contribution in [-0.4, -0.2) is 12.6 Å². The molecule has 3 rings (SSSR count). The lowest BCUT2D eigenvalue weighted by Gasteiger charge is -2.10. The minimum absolute atomic E-state index is 0.298. The molecule has 0 saturated carbocycles. The molecule has 0 saturated heterocycles. The number of benzene rings is 3. The molecule has 0 radical (unpaired) electrons. The molecule has 0 heterocycles. The van der Waals surface area contributed by atoms with E-state index in [0.29, 0.717) is 6.61 Å². The van der Waals surface area contributed by atoms with Crippen LogP contribution in [0.5, 0.6) is 11.5 Å². The predicted molar refractivity (Wildman–Crippen MR) is 112 cm³/mol. The number of esters is 1. The van der Waals surface area contributed by atoms with Crippen molar-refractivity contribution in [2.45, 2.75) is 19.8 Å². The van der Waals surface area contributed by atoms with Gasteiger partial charge in [0.1, 0.15) is 11.5 Å². The Morgan fingerprint density at radius 1 is 0.821 bits per heavy atom. The number of ether oxygens (including phenoxy) is 2. The van der Waals surface area contributed by atoms with Crippen LogP contribution in [0.4, 0.5) is 0 Å². The van der Waals surface area contributed by atoms with Gasteiger partial charge in [-0.2, -0.15) is 0 Å². The van der Waals surface area contributed by atoms with Crippen molar-refractivity contribution < 1.29 is 14.3 Å². The van der Waals surface area contributed by atoms with Crippen LogP contribution in [0, 0.1) is 0 Å². The number of aryl methyl sites for hydroxylation is 1. The molecule has 0 amide bonds. The molecule has 3 nitrogen and oxygen atoms in total. The molecule has 3 aromatic rings. The highest BCUT2D eigenvalue weighted by atomic mass is 16.5. The number of para-hydroxylation sites is 1. The minimum Gasteiger partial charge on any atom is -0.463 e. The molecular weight excluding hydrogens is 348 g/mol. The summed E-state index contributed by atoms with van der Waals surface area (Å²) in [5, 5.41) is 0. The topological polar surface area (TPSA) is 35.5 Å². The Labute approximate surface area is 166 Å². The molecule has 28 heavy (non-hydrogen) atoms. The van der Waals surface area contributed by atoms with Crippen molar-refractivity contribution >= 4 is 11.5 Å². The van der Waals surface area contributed by atoms with Crippen LogP contribution in [0.3, 0.4) is 0 Å². The average molecular weight is 372 g/mol. The summed E-state index contributed by atoms with van der Waals surface area (Å²) in [5.74, 6) is 1.33. The Morgan fingerprint density at radius 2 is 1.43 bits per heavy atom. The molecule has 0 aromatic heterocycles. The fourth-order valence-electron chi connectivity index (χ4n) is 2.91. The van der Waals surface area contributed by atoms with Crippen LogP contribution in [0.25, 0.3) is 5.57 Å². The summed E-state index contributed by atoms with van der Waals surface area (Å²) in [6.45, 7) is 2.19. The quantitative estimate of drug-likeness (QED) is 0.356. The fraction of sp³-hybridized carbons (Fsp3) is 0.160. The van der Waals surface area contributed by atoms with Gasteiger partial charge in [0, 0.05) is 6.08 Å². The van der Waals surface area contributed by atoms with E-state index in [0.717, 1.165) is 35.5 Å². The third-order valence-electron chi connectivity index (χ3n) is 4.31. The molecule has 3 aromatic carbocycles. The summed E-state index contributed by atoms with van der Waals surface area (Å²) in [6.07, 6.45) is 3.18. The van der Waals surface area contributed by atoms with E-state index in [1.807, 2.05) is 79.7 Å². The predicted octanol–water partition coefficient (Wildman–Crippen LogP) is 6.06. The van der Waals surface area contributed by atoms with Gasteiger partial charge in [-0.3, -0.25) is 0 Å². The highest BCUT2D eigenvalue weighted by Gasteiger charge is 2.07. The molecule has 0 N–H and O–H groups in total. The summed E-state index contributed by atoms with van der Waals surface area (Å²) in [5.41, 5.74) is 3.20. The summed E-state index contributed by atoms with van der Waals surface area (Å²) >= 11 is 0. The lowest BCUT2D eigenvalue weighted by Crippen LogP contribution is -2.02. The van der Waals surface area contributed by atoms with Crippen LogP contribution in [-0.2, 0) is 16.0 Å². The fourth-order valence-corrected chi connectivity index (χ4v) is 2.91. The van der Waals surface area contributed by atoms with E-state index in [2.05, 4.69) is 12.1 Å². The largest absolute Gasteiger partial charge is 0.463 e. The molecule has 0 spiro atoms. The number of hydrogen-bond acceptors (Lipinski definition) is 3. The number of allylic oxidation sites excluding steroid dienone is 1. The zero-order chi connectivity index (χ0) is 19.6. The number of carbonyl (C=O) groups is 1. The van der Waals surface area contributed by atoms with Gasteiger partial charge in [-0.05, 0) is 60.7 Å². The van der Waals surface area contributed by atoms with Gasteiger partial charge < -0.3 is 9.47 Å². The van der Waals surface area contributed by atoms with Gasteiger partial charge in [0.05, 0.1) is 6.61 Å². The van der Waals surface area contributed by atoms with Crippen molar-refractivity contribution in [3.05, 3.63) is 102 Å². The first-order chi connectivity index (χ1) is 13.7. The molecular formula is C25H24O3. The van der Waals surface area contributed by atoms with E-state index in [4.69, 9.17) is 9.47 Å². The Bertz CT molecular complexity index is 898. The van der Waals surface area contributed by atoms with Crippen molar-refractivity contribution in [2.24, 2.45) is 0 Å². The maximum atomic E-state index is 11.9. The van der Waals surface area contributed by atoms with Gasteiger partial charge in [-0.15, -0.1) is 0 Å². The van der Waals surface area contributed by atoms with Gasteiger partial charge in [0.2, 0.25) is 0 Å². The maximum Gasteiger partial charge on any atom is 0.331 e. The zero-order valence-corrected chi connectivity index (χ0v) is 16.0. The lowest BCUT2D eigenvalue weighted by atomic mass is 9.98. The van der Waals surface area contributed by atoms with E-state index in [1.54, 1.807) is 6.08 Å². The van der Waals surface area contributed by atoms with Crippen molar-refractivity contribution in [1.29, 1.82) is 0 Å². The first-order valence-corrected chi connectivity index (χ1v) is 9.49. The van der Waals surface area contributed by atoms with E-state index in [-0.39, 0.29) is 5.97 Å². The Hall–Kier alpha value is -3.33. The van der Waals surface area contributed by atoms with Gasteiger partial charge in [-0.25, -0.2) is 4.79 Å². The first kappa shape index (κ1) is 19.4. The molecule has 0 aliphatic carbocycles. The molecule has 3 heteroatoms. The van der Waals surface area contributed by atoms with Gasteiger partial charge in [-0.1, -0.05) is 60.7 Å². The summed E-state index contributed by atoms with van der Waals surface area (Å²) in [6, 6.07) is 27.7. The monoisotopic (exact) mass is 372 g/mol. The minimum atomic E-state index is -0.298. The normalized spacial score (nSPS) is 11.1. The highest BCUT2D eigenvalue weighted by Crippen LogP contribution is 2.24. The Morgan fingerprint density at radius 3 is 2.07 bits per heavy atom. The van der Waals surface area contributed by atoms with E-state index in [1.165, 1.54) is 5.56 Å². The molecule has 0 aliphatic heterocycles. The molecule has 0 fully saturated rings. The second kappa shape index (κ2) is 10.1. The third kappa shape index (κ3) is 5.85. The zero-order valence-electron chi connectivity index (χ0n) is 16.0. The van der Waals surface area contributed by atoms with E-state index < -0.39 is 0 Å². The molecule has 0 unspecified atom stereocenters. The van der Waals surface area contributed by atoms with Crippen LogP contribution < -0.4 is 4.74 Å². The SMILES string of the molecule is CCOC(=O)/C=C(\CCc1ccc(Oc2ccccc2)cc1)c1ccccc1. The molecule has 0 atom stereocenters. The van der Waals surface area contributed by atoms with Crippen LogP contribution in [0.2, 0.25) is 0 Å². The number of hydrogen-bond donors (Lipinski definition) is 0. The van der Waals surface area contributed by atoms with Gasteiger partial charge >= 0.3 is 5.97 Å². The second-order valence-electron chi connectivity index (χ2n) is 6.35. The van der Waals surface area contributed by atoms with Crippen molar-refractivity contribution in [1.82, 2.24) is 0 Å². The molecule has 0 bridgehead atoms. The lowest BCUT2D eigenvalue weighted by molar-refractivity contribution is -0.137. The number of rotatable bonds is 8. The van der Waals surface area contributed by atoms with Crippen molar-refractivity contribution in [3.63, 3.8) is 0 Å². The summed E-state index contributed by atoms with van der Waals surface area (Å²) < 4.78 is 10.9. The van der Waals surface area contributed by atoms with E-state index in [9.17, 15) is 4.79 Å². The second-order valence-corrected chi connectivity index (χ2v) is 6.35. The standard InChI is InChI=1S/C25H24O3/c1-2-27-25(26)19-22(21-9-5-3-6-10-21)16-13-20-14-17-24(18-15-20)28-23-11-7-4-8-12-23/h3-12,14-15,17-19H,2,13,16H2,1H3/b22-19+. The highest BCUT2D eigenvalue weighted by molar-refractivity contribution is 5.91. The van der Waals surface area contributed by atoms with E-state index >= 15 is 0 Å².